The summed E-state index contributed by atoms with van der Waals surface area (Å²) in [5, 5.41) is 9.00. The molecule has 1 fully saturated rings. The first-order valence-corrected chi connectivity index (χ1v) is 9.32. The maximum absolute atomic E-state index is 12.7. The van der Waals surface area contributed by atoms with Gasteiger partial charge in [-0.25, -0.2) is 0 Å². The lowest BCUT2D eigenvalue weighted by Gasteiger charge is -2.34. The van der Waals surface area contributed by atoms with Crippen LogP contribution in [-0.4, -0.2) is 68.4 Å². The zero-order valence-corrected chi connectivity index (χ0v) is 16.6. The Morgan fingerprint density at radius 1 is 0.966 bits per heavy atom. The second-order valence-corrected chi connectivity index (χ2v) is 6.75. The fourth-order valence-corrected chi connectivity index (χ4v) is 3.32. The standard InChI is InChI=1S/C22H23N3O4/c1-28-20-7-6-17(13-21(20)29-2)19(26)15-24-8-10-25(11-9-24)22(27)18-5-3-4-16(12-18)14-23/h3-7,12-13H,8-11,15H2,1-2H3. The first-order chi connectivity index (χ1) is 14.0. The predicted octanol–water partition coefficient (Wildman–Crippen LogP) is 2.22. The van der Waals surface area contributed by atoms with Crippen molar-refractivity contribution >= 4 is 11.7 Å². The summed E-state index contributed by atoms with van der Waals surface area (Å²) >= 11 is 0. The Hall–Kier alpha value is -3.37. The quantitative estimate of drug-likeness (QED) is 0.700. The van der Waals surface area contributed by atoms with Crippen molar-refractivity contribution < 1.29 is 19.1 Å². The van der Waals surface area contributed by atoms with E-state index in [-0.39, 0.29) is 18.2 Å². The van der Waals surface area contributed by atoms with Gasteiger partial charge in [-0.1, -0.05) is 6.07 Å². The van der Waals surface area contributed by atoms with Gasteiger partial charge in [-0.05, 0) is 36.4 Å². The minimum Gasteiger partial charge on any atom is -0.493 e. The first-order valence-electron chi connectivity index (χ1n) is 9.32. The summed E-state index contributed by atoms with van der Waals surface area (Å²) in [7, 11) is 3.09. The topological polar surface area (TPSA) is 82.9 Å². The first kappa shape index (κ1) is 20.4. The van der Waals surface area contributed by atoms with Crippen LogP contribution in [0.4, 0.5) is 0 Å². The third-order valence-corrected chi connectivity index (χ3v) is 4.97. The second kappa shape index (κ2) is 9.22. The third kappa shape index (κ3) is 4.73. The van der Waals surface area contributed by atoms with Gasteiger partial charge < -0.3 is 14.4 Å². The van der Waals surface area contributed by atoms with Crippen molar-refractivity contribution in [1.29, 1.82) is 5.26 Å². The van der Waals surface area contributed by atoms with Gasteiger partial charge in [0.15, 0.2) is 17.3 Å². The fourth-order valence-electron chi connectivity index (χ4n) is 3.32. The highest BCUT2D eigenvalue weighted by atomic mass is 16.5. The van der Waals surface area contributed by atoms with Crippen LogP contribution in [0.1, 0.15) is 26.3 Å². The van der Waals surface area contributed by atoms with Gasteiger partial charge in [0.25, 0.3) is 5.91 Å². The number of methoxy groups -OCH3 is 2. The molecule has 0 N–H and O–H groups in total. The Bertz CT molecular complexity index is 943. The van der Waals surface area contributed by atoms with Gasteiger partial charge >= 0.3 is 0 Å². The number of ether oxygens (including phenoxy) is 2. The van der Waals surface area contributed by atoms with Gasteiger partial charge in [0.1, 0.15) is 0 Å². The average molecular weight is 393 g/mol. The molecule has 0 spiro atoms. The summed E-state index contributed by atoms with van der Waals surface area (Å²) in [6.07, 6.45) is 0. The monoisotopic (exact) mass is 393 g/mol. The summed E-state index contributed by atoms with van der Waals surface area (Å²) in [5.74, 6) is 1.01. The summed E-state index contributed by atoms with van der Waals surface area (Å²) in [6.45, 7) is 2.58. The van der Waals surface area contributed by atoms with Crippen molar-refractivity contribution in [1.82, 2.24) is 9.80 Å². The molecule has 0 aliphatic carbocycles. The van der Waals surface area contributed by atoms with E-state index in [0.29, 0.717) is 54.4 Å². The zero-order chi connectivity index (χ0) is 20.8. The van der Waals surface area contributed by atoms with Crippen LogP contribution in [-0.2, 0) is 0 Å². The molecule has 1 saturated heterocycles. The smallest absolute Gasteiger partial charge is 0.253 e. The number of amides is 1. The number of nitrogens with zero attached hydrogens (tertiary/aromatic N) is 3. The van der Waals surface area contributed by atoms with Crippen molar-refractivity contribution in [2.45, 2.75) is 0 Å². The number of ketones is 1. The molecule has 2 aromatic carbocycles. The minimum absolute atomic E-state index is 0.00699. The molecule has 3 rings (SSSR count). The summed E-state index contributed by atoms with van der Waals surface area (Å²) < 4.78 is 10.5. The van der Waals surface area contributed by atoms with Gasteiger partial charge in [-0.15, -0.1) is 0 Å². The molecule has 29 heavy (non-hydrogen) atoms. The molecular formula is C22H23N3O4. The number of Topliss-reactive ketones (excluding diaryl/α,β-unsaturated/α-hetero) is 1. The molecule has 1 aliphatic rings. The van der Waals surface area contributed by atoms with Crippen LogP contribution in [0.15, 0.2) is 42.5 Å². The van der Waals surface area contributed by atoms with E-state index in [1.54, 1.807) is 54.5 Å². The lowest BCUT2D eigenvalue weighted by atomic mass is 10.1. The molecule has 150 valence electrons. The number of hydrogen-bond donors (Lipinski definition) is 0. The number of piperazine rings is 1. The molecule has 1 amide bonds. The molecule has 1 heterocycles. The van der Waals surface area contributed by atoms with E-state index in [9.17, 15) is 9.59 Å². The maximum Gasteiger partial charge on any atom is 0.253 e. The van der Waals surface area contributed by atoms with Crippen LogP contribution in [0.25, 0.3) is 0 Å². The molecule has 7 nitrogen and oxygen atoms in total. The van der Waals surface area contributed by atoms with Crippen LogP contribution in [0.5, 0.6) is 11.5 Å². The Balaban J connectivity index is 1.57. The van der Waals surface area contributed by atoms with E-state index >= 15 is 0 Å². The van der Waals surface area contributed by atoms with Gasteiger partial charge in [0.05, 0.1) is 32.4 Å². The van der Waals surface area contributed by atoms with Crippen molar-refractivity contribution in [3.8, 4) is 17.6 Å². The SMILES string of the molecule is COc1ccc(C(=O)CN2CCN(C(=O)c3cccc(C#N)c3)CC2)cc1OC. The lowest BCUT2D eigenvalue weighted by molar-refractivity contribution is 0.0624. The van der Waals surface area contributed by atoms with Gasteiger partial charge in [-0.3, -0.25) is 14.5 Å². The highest BCUT2D eigenvalue weighted by Crippen LogP contribution is 2.27. The largest absolute Gasteiger partial charge is 0.493 e. The van der Waals surface area contributed by atoms with Crippen molar-refractivity contribution in [2.24, 2.45) is 0 Å². The molecule has 1 aliphatic heterocycles. The highest BCUT2D eigenvalue weighted by Gasteiger charge is 2.24. The molecule has 2 aromatic rings. The van der Waals surface area contributed by atoms with E-state index in [1.165, 1.54) is 7.11 Å². The van der Waals surface area contributed by atoms with Gasteiger partial charge in [0.2, 0.25) is 0 Å². The van der Waals surface area contributed by atoms with E-state index in [4.69, 9.17) is 14.7 Å². The molecule has 0 bridgehead atoms. The third-order valence-electron chi connectivity index (χ3n) is 4.97. The van der Waals surface area contributed by atoms with E-state index in [1.807, 2.05) is 4.90 Å². The summed E-state index contributed by atoms with van der Waals surface area (Å²) in [5.41, 5.74) is 1.54. The summed E-state index contributed by atoms with van der Waals surface area (Å²) in [6, 6.07) is 13.9. The highest BCUT2D eigenvalue weighted by molar-refractivity contribution is 5.98. The minimum atomic E-state index is -0.0898. The molecule has 7 heteroatoms. The Morgan fingerprint density at radius 3 is 2.34 bits per heavy atom. The average Bonchev–Trinajstić information content (AvgIpc) is 2.78. The van der Waals surface area contributed by atoms with Crippen LogP contribution in [0.2, 0.25) is 0 Å². The normalized spacial score (nSPS) is 14.2. The number of carbonyl (C=O) groups excluding carboxylic acids is 2. The van der Waals surface area contributed by atoms with Crippen LogP contribution in [0.3, 0.4) is 0 Å². The van der Waals surface area contributed by atoms with Crippen LogP contribution in [0, 0.1) is 11.3 Å². The van der Waals surface area contributed by atoms with E-state index in [2.05, 4.69) is 6.07 Å². The maximum atomic E-state index is 12.7. The van der Waals surface area contributed by atoms with Gasteiger partial charge in [0, 0.05) is 37.3 Å². The molecule has 0 aromatic heterocycles. The number of carbonyl (C=O) groups is 2. The molecule has 0 atom stereocenters. The predicted molar refractivity (Wildman–Crippen MR) is 107 cm³/mol. The van der Waals surface area contributed by atoms with Crippen molar-refractivity contribution in [3.63, 3.8) is 0 Å². The van der Waals surface area contributed by atoms with Gasteiger partial charge in [-0.2, -0.15) is 5.26 Å². The number of hydrogen-bond acceptors (Lipinski definition) is 6. The lowest BCUT2D eigenvalue weighted by Crippen LogP contribution is -2.49. The number of benzene rings is 2. The number of nitriles is 1. The van der Waals surface area contributed by atoms with Crippen molar-refractivity contribution in [3.05, 3.63) is 59.2 Å². The second-order valence-electron chi connectivity index (χ2n) is 6.75. The molecule has 0 saturated carbocycles. The van der Waals surface area contributed by atoms with E-state index < -0.39 is 0 Å². The Labute approximate surface area is 170 Å². The Morgan fingerprint density at radius 2 is 1.69 bits per heavy atom. The molecular weight excluding hydrogens is 370 g/mol. The van der Waals surface area contributed by atoms with E-state index in [0.717, 1.165) is 0 Å². The Kier molecular flexibility index (Phi) is 6.47. The summed E-state index contributed by atoms with van der Waals surface area (Å²) in [4.78, 5) is 29.1. The molecule has 0 radical (unpaired) electrons. The van der Waals surface area contributed by atoms with Crippen LogP contribution < -0.4 is 9.47 Å². The zero-order valence-electron chi connectivity index (χ0n) is 16.6. The van der Waals surface area contributed by atoms with Crippen molar-refractivity contribution in [2.75, 3.05) is 46.9 Å². The van der Waals surface area contributed by atoms with Crippen LogP contribution >= 0.6 is 0 Å². The number of rotatable bonds is 6. The fraction of sp³-hybridized carbons (Fsp3) is 0.318. The molecule has 0 unspecified atom stereocenters.